The van der Waals surface area contributed by atoms with Crippen molar-refractivity contribution in [1.29, 1.82) is 0 Å². The van der Waals surface area contributed by atoms with Crippen LogP contribution in [0.4, 0.5) is 0 Å². The molecule has 3 aromatic heterocycles. The van der Waals surface area contributed by atoms with Gasteiger partial charge in [-0.2, -0.15) is 0 Å². The van der Waals surface area contributed by atoms with Crippen molar-refractivity contribution in [2.45, 2.75) is 0 Å². The molecular weight excluding hydrogens is 633 g/mol. The van der Waals surface area contributed by atoms with Crippen LogP contribution in [0.5, 0.6) is 0 Å². The quantitative estimate of drug-likeness (QED) is 0.172. The lowest BCUT2D eigenvalue weighted by atomic mass is 9.95. The molecule has 3 heterocycles. The second kappa shape index (κ2) is 12.4. The summed E-state index contributed by atoms with van der Waals surface area (Å²) in [7, 11) is 0. The number of rotatable bonds is 5. The van der Waals surface area contributed by atoms with E-state index in [2.05, 4.69) is 133 Å². The number of benzene rings is 7. The third-order valence-corrected chi connectivity index (χ3v) is 9.85. The second-order valence-corrected chi connectivity index (χ2v) is 13.1. The Morgan fingerprint density at radius 1 is 0.269 bits per heavy atom. The van der Waals surface area contributed by atoms with E-state index in [1.54, 1.807) is 0 Å². The first-order valence-corrected chi connectivity index (χ1v) is 17.5. The second-order valence-electron chi connectivity index (χ2n) is 13.1. The van der Waals surface area contributed by atoms with E-state index < -0.39 is 0 Å². The first-order chi connectivity index (χ1) is 25.7. The fraction of sp³-hybridized carbons (Fsp3) is 0. The third-order valence-electron chi connectivity index (χ3n) is 9.85. The van der Waals surface area contributed by atoms with Crippen LogP contribution in [0.25, 0.3) is 99.8 Å². The van der Waals surface area contributed by atoms with Crippen LogP contribution in [0.1, 0.15) is 0 Å². The fourth-order valence-electron chi connectivity index (χ4n) is 7.23. The molecule has 0 radical (unpaired) electrons. The van der Waals surface area contributed by atoms with Gasteiger partial charge in [0.05, 0.1) is 28.1 Å². The van der Waals surface area contributed by atoms with Gasteiger partial charge in [0.1, 0.15) is 5.69 Å². The third kappa shape index (κ3) is 5.34. The van der Waals surface area contributed by atoms with Crippen LogP contribution < -0.4 is 0 Å². The van der Waals surface area contributed by atoms with Crippen LogP contribution in [0, 0.1) is 0 Å². The Balaban J connectivity index is 0.996. The molecular formula is C48H30N4. The molecule has 0 spiro atoms. The molecule has 0 aliphatic heterocycles. The molecule has 4 heteroatoms. The summed E-state index contributed by atoms with van der Waals surface area (Å²) in [6.45, 7) is 0. The predicted octanol–water partition coefficient (Wildman–Crippen LogP) is 12.2. The smallest absolute Gasteiger partial charge is 0.179 e. The van der Waals surface area contributed by atoms with Gasteiger partial charge in [0.2, 0.25) is 0 Å². The average molecular weight is 663 g/mol. The topological polar surface area (TPSA) is 51.6 Å². The Labute approximate surface area is 300 Å². The van der Waals surface area contributed by atoms with Crippen molar-refractivity contribution in [3.05, 3.63) is 182 Å². The van der Waals surface area contributed by atoms with E-state index in [-0.39, 0.29) is 0 Å². The highest BCUT2D eigenvalue weighted by Gasteiger charge is 2.14. The maximum absolute atomic E-state index is 5.15. The highest BCUT2D eigenvalue weighted by Crippen LogP contribution is 2.36. The lowest BCUT2D eigenvalue weighted by Crippen LogP contribution is -1.97. The van der Waals surface area contributed by atoms with Crippen LogP contribution in [0.2, 0.25) is 0 Å². The summed E-state index contributed by atoms with van der Waals surface area (Å²) in [5.41, 5.74) is 10.8. The first kappa shape index (κ1) is 29.8. The molecule has 0 amide bonds. The zero-order valence-corrected chi connectivity index (χ0v) is 28.1. The number of aromatic nitrogens is 4. The van der Waals surface area contributed by atoms with Crippen LogP contribution in [0.15, 0.2) is 182 Å². The van der Waals surface area contributed by atoms with Gasteiger partial charge in [0, 0.05) is 27.5 Å². The van der Waals surface area contributed by atoms with Crippen molar-refractivity contribution in [2.24, 2.45) is 0 Å². The molecule has 0 N–H and O–H groups in total. The highest BCUT2D eigenvalue weighted by molar-refractivity contribution is 6.13. The lowest BCUT2D eigenvalue weighted by Gasteiger charge is -2.12. The van der Waals surface area contributed by atoms with E-state index in [0.29, 0.717) is 5.82 Å². The molecule has 4 nitrogen and oxygen atoms in total. The maximum atomic E-state index is 5.15. The number of nitrogens with zero attached hydrogens (tertiary/aromatic N) is 4. The van der Waals surface area contributed by atoms with Gasteiger partial charge in [-0.25, -0.2) is 19.9 Å². The van der Waals surface area contributed by atoms with Crippen LogP contribution >= 0.6 is 0 Å². The van der Waals surface area contributed by atoms with Crippen molar-refractivity contribution in [3.8, 4) is 56.4 Å². The van der Waals surface area contributed by atoms with Gasteiger partial charge in [-0.3, -0.25) is 0 Å². The summed E-state index contributed by atoms with van der Waals surface area (Å²) in [5.74, 6) is 0.601. The summed E-state index contributed by atoms with van der Waals surface area (Å²) >= 11 is 0. The zero-order valence-electron chi connectivity index (χ0n) is 28.1. The standard InChI is InChI=1S/C48H30N4/c1-3-11-31(12-4-1)46-30-47(32-13-5-2-6-14-32)52-48(51-46)45-26-22-37-28-34(20-24-43(37)50-45)33-19-23-42-36(27-33)21-25-44(49-42)41-29-35-15-7-8-16-38(35)39-17-9-10-18-40(39)41/h1-30H. The molecule has 10 aromatic rings. The minimum atomic E-state index is 0.601. The molecule has 0 atom stereocenters. The molecule has 0 saturated heterocycles. The van der Waals surface area contributed by atoms with Crippen molar-refractivity contribution < 1.29 is 0 Å². The van der Waals surface area contributed by atoms with Crippen molar-refractivity contribution in [2.75, 3.05) is 0 Å². The predicted molar refractivity (Wildman–Crippen MR) is 215 cm³/mol. The molecule has 0 saturated carbocycles. The van der Waals surface area contributed by atoms with Gasteiger partial charge in [0.25, 0.3) is 0 Å². The average Bonchev–Trinajstić information content (AvgIpc) is 3.23. The number of fused-ring (bicyclic) bond motifs is 5. The molecule has 0 aliphatic rings. The van der Waals surface area contributed by atoms with E-state index >= 15 is 0 Å². The van der Waals surface area contributed by atoms with Gasteiger partial charge in [-0.05, 0) is 81.2 Å². The molecule has 7 aromatic carbocycles. The summed E-state index contributed by atoms with van der Waals surface area (Å²) in [6.07, 6.45) is 0. The largest absolute Gasteiger partial charge is 0.248 e. The van der Waals surface area contributed by atoms with Gasteiger partial charge in [-0.15, -0.1) is 0 Å². The SMILES string of the molecule is c1ccc(-c2cc(-c3ccccc3)nc(-c3ccc4cc(-c5ccc6nc(-c7cc8ccccc8c8ccccc78)ccc6c5)ccc4n3)n2)cc1. The molecule has 0 fully saturated rings. The number of hydrogen-bond acceptors (Lipinski definition) is 4. The van der Waals surface area contributed by atoms with Gasteiger partial charge in [0.15, 0.2) is 5.82 Å². The van der Waals surface area contributed by atoms with Crippen LogP contribution in [-0.4, -0.2) is 19.9 Å². The zero-order chi connectivity index (χ0) is 34.4. The fourth-order valence-corrected chi connectivity index (χ4v) is 7.23. The van der Waals surface area contributed by atoms with E-state index in [0.717, 1.165) is 72.4 Å². The first-order valence-electron chi connectivity index (χ1n) is 17.5. The molecule has 0 unspecified atom stereocenters. The van der Waals surface area contributed by atoms with E-state index in [1.165, 1.54) is 21.5 Å². The maximum Gasteiger partial charge on any atom is 0.179 e. The van der Waals surface area contributed by atoms with Crippen LogP contribution in [0.3, 0.4) is 0 Å². The van der Waals surface area contributed by atoms with Crippen LogP contribution in [-0.2, 0) is 0 Å². The minimum Gasteiger partial charge on any atom is -0.248 e. The molecule has 0 aliphatic carbocycles. The lowest BCUT2D eigenvalue weighted by molar-refractivity contribution is 1.16. The van der Waals surface area contributed by atoms with Gasteiger partial charge >= 0.3 is 0 Å². The van der Waals surface area contributed by atoms with Gasteiger partial charge < -0.3 is 0 Å². The number of pyridine rings is 2. The summed E-state index contributed by atoms with van der Waals surface area (Å²) in [4.78, 5) is 20.1. The highest BCUT2D eigenvalue weighted by atomic mass is 14.9. The van der Waals surface area contributed by atoms with E-state index in [9.17, 15) is 0 Å². The molecule has 242 valence electrons. The normalized spacial score (nSPS) is 11.5. The van der Waals surface area contributed by atoms with Crippen molar-refractivity contribution >= 4 is 43.4 Å². The Morgan fingerprint density at radius 3 is 1.42 bits per heavy atom. The Hall–Kier alpha value is -7.04. The molecule has 10 rings (SSSR count). The Morgan fingerprint density at radius 2 is 0.788 bits per heavy atom. The monoisotopic (exact) mass is 662 g/mol. The van der Waals surface area contributed by atoms with Gasteiger partial charge in [-0.1, -0.05) is 133 Å². The Kier molecular flexibility index (Phi) is 7.10. The molecule has 0 bridgehead atoms. The van der Waals surface area contributed by atoms with E-state index in [1.807, 2.05) is 48.5 Å². The molecule has 52 heavy (non-hydrogen) atoms. The number of hydrogen-bond donors (Lipinski definition) is 0. The summed E-state index contributed by atoms with van der Waals surface area (Å²) in [6, 6.07) is 63.4. The minimum absolute atomic E-state index is 0.601. The summed E-state index contributed by atoms with van der Waals surface area (Å²) < 4.78 is 0. The summed E-state index contributed by atoms with van der Waals surface area (Å²) in [5, 5.41) is 7.10. The van der Waals surface area contributed by atoms with E-state index in [4.69, 9.17) is 19.9 Å². The van der Waals surface area contributed by atoms with Crippen molar-refractivity contribution in [1.82, 2.24) is 19.9 Å². The van der Waals surface area contributed by atoms with Crippen molar-refractivity contribution in [3.63, 3.8) is 0 Å². The Bertz CT molecular complexity index is 2900.